The van der Waals surface area contributed by atoms with Crippen molar-refractivity contribution >= 4 is 5.91 Å². The van der Waals surface area contributed by atoms with Crippen molar-refractivity contribution in [2.24, 2.45) is 0 Å². The molecule has 0 aliphatic rings. The lowest BCUT2D eigenvalue weighted by Crippen LogP contribution is -2.28. The van der Waals surface area contributed by atoms with Gasteiger partial charge in [0.25, 0.3) is 0 Å². The van der Waals surface area contributed by atoms with Crippen molar-refractivity contribution in [1.82, 2.24) is 15.5 Å². The third-order valence-electron chi connectivity index (χ3n) is 3.81. The standard InChI is InChI=1S/C20H21N3O4/c1-25-16-7-9-17(10-8-16)26-14-13-21-18(24)11-12-19-22-23-20(27-19)15-5-3-2-4-6-15/h2-10H,11-14H2,1H3,(H,21,24). The number of hydrogen-bond donors (Lipinski definition) is 1. The quantitative estimate of drug-likeness (QED) is 0.585. The average molecular weight is 367 g/mol. The zero-order valence-corrected chi connectivity index (χ0v) is 15.1. The fourth-order valence-corrected chi connectivity index (χ4v) is 2.39. The molecule has 1 amide bonds. The van der Waals surface area contributed by atoms with E-state index in [9.17, 15) is 4.79 Å². The minimum Gasteiger partial charge on any atom is -0.497 e. The normalized spacial score (nSPS) is 10.4. The first kappa shape index (κ1) is 18.4. The number of hydrogen-bond acceptors (Lipinski definition) is 6. The summed E-state index contributed by atoms with van der Waals surface area (Å²) in [6, 6.07) is 16.8. The fourth-order valence-electron chi connectivity index (χ4n) is 2.39. The largest absolute Gasteiger partial charge is 0.497 e. The third kappa shape index (κ3) is 5.57. The van der Waals surface area contributed by atoms with Crippen molar-refractivity contribution < 1.29 is 18.7 Å². The molecule has 7 heteroatoms. The van der Waals surface area contributed by atoms with Gasteiger partial charge in [0.2, 0.25) is 17.7 Å². The molecular weight excluding hydrogens is 346 g/mol. The number of carbonyl (C=O) groups is 1. The smallest absolute Gasteiger partial charge is 0.247 e. The SMILES string of the molecule is COc1ccc(OCCNC(=O)CCc2nnc(-c3ccccc3)o2)cc1. The number of ether oxygens (including phenoxy) is 2. The van der Waals surface area contributed by atoms with Crippen LogP contribution in [0.15, 0.2) is 59.0 Å². The lowest BCUT2D eigenvalue weighted by molar-refractivity contribution is -0.121. The number of benzene rings is 2. The van der Waals surface area contributed by atoms with E-state index in [0.717, 1.165) is 17.1 Å². The van der Waals surface area contributed by atoms with Crippen molar-refractivity contribution in [3.8, 4) is 23.0 Å². The first-order chi connectivity index (χ1) is 13.2. The van der Waals surface area contributed by atoms with Crippen LogP contribution in [0.1, 0.15) is 12.3 Å². The van der Waals surface area contributed by atoms with Crippen LogP contribution in [-0.4, -0.2) is 36.4 Å². The van der Waals surface area contributed by atoms with E-state index in [0.29, 0.717) is 31.4 Å². The molecule has 0 saturated carbocycles. The zero-order valence-electron chi connectivity index (χ0n) is 15.1. The molecule has 1 N–H and O–H groups in total. The number of methoxy groups -OCH3 is 1. The minimum atomic E-state index is -0.0900. The highest BCUT2D eigenvalue weighted by Gasteiger charge is 2.10. The molecule has 0 radical (unpaired) electrons. The van der Waals surface area contributed by atoms with Crippen molar-refractivity contribution in [3.63, 3.8) is 0 Å². The van der Waals surface area contributed by atoms with Gasteiger partial charge < -0.3 is 19.2 Å². The fraction of sp³-hybridized carbons (Fsp3) is 0.250. The Morgan fingerprint density at radius 1 is 1.04 bits per heavy atom. The Labute approximate surface area is 157 Å². The second kappa shape index (κ2) is 9.38. The van der Waals surface area contributed by atoms with Gasteiger partial charge in [-0.05, 0) is 36.4 Å². The van der Waals surface area contributed by atoms with Crippen molar-refractivity contribution in [2.75, 3.05) is 20.3 Å². The number of carbonyl (C=O) groups excluding carboxylic acids is 1. The highest BCUT2D eigenvalue weighted by Crippen LogP contribution is 2.18. The Balaban J connectivity index is 1.35. The number of amides is 1. The summed E-state index contributed by atoms with van der Waals surface area (Å²) >= 11 is 0. The van der Waals surface area contributed by atoms with Crippen molar-refractivity contribution in [1.29, 1.82) is 0 Å². The molecule has 0 aliphatic heterocycles. The Bertz CT molecular complexity index is 847. The van der Waals surface area contributed by atoms with Crippen LogP contribution in [0.2, 0.25) is 0 Å². The summed E-state index contributed by atoms with van der Waals surface area (Å²) in [4.78, 5) is 11.9. The molecule has 1 heterocycles. The molecule has 27 heavy (non-hydrogen) atoms. The molecule has 0 atom stereocenters. The lowest BCUT2D eigenvalue weighted by atomic mass is 10.2. The van der Waals surface area contributed by atoms with E-state index < -0.39 is 0 Å². The summed E-state index contributed by atoms with van der Waals surface area (Å²) in [7, 11) is 1.61. The molecule has 140 valence electrons. The summed E-state index contributed by atoms with van der Waals surface area (Å²) < 4.78 is 16.2. The van der Waals surface area contributed by atoms with E-state index in [1.807, 2.05) is 54.6 Å². The molecule has 3 rings (SSSR count). The molecule has 0 unspecified atom stereocenters. The van der Waals surface area contributed by atoms with Gasteiger partial charge in [-0.25, -0.2) is 0 Å². The maximum absolute atomic E-state index is 11.9. The van der Waals surface area contributed by atoms with Gasteiger partial charge in [0, 0.05) is 18.4 Å². The maximum Gasteiger partial charge on any atom is 0.247 e. The van der Waals surface area contributed by atoms with E-state index in [2.05, 4.69) is 15.5 Å². The number of nitrogens with zero attached hydrogens (tertiary/aromatic N) is 2. The Morgan fingerprint density at radius 2 is 1.78 bits per heavy atom. The van der Waals surface area contributed by atoms with Gasteiger partial charge in [0.05, 0.1) is 13.7 Å². The monoisotopic (exact) mass is 367 g/mol. The molecule has 0 saturated heterocycles. The molecule has 7 nitrogen and oxygen atoms in total. The van der Waals surface area contributed by atoms with Gasteiger partial charge in [-0.2, -0.15) is 0 Å². The van der Waals surface area contributed by atoms with Crippen LogP contribution in [0, 0.1) is 0 Å². The lowest BCUT2D eigenvalue weighted by Gasteiger charge is -2.08. The summed E-state index contributed by atoms with van der Waals surface area (Å²) in [5, 5.41) is 10.8. The molecule has 0 spiro atoms. The molecule has 2 aromatic carbocycles. The third-order valence-corrected chi connectivity index (χ3v) is 3.81. The highest BCUT2D eigenvalue weighted by molar-refractivity contribution is 5.76. The van der Waals surface area contributed by atoms with E-state index >= 15 is 0 Å². The molecule has 0 bridgehead atoms. The maximum atomic E-state index is 11.9. The zero-order chi connectivity index (χ0) is 18.9. The summed E-state index contributed by atoms with van der Waals surface area (Å²) in [6.45, 7) is 0.806. The molecule has 0 aliphatic carbocycles. The second-order valence-corrected chi connectivity index (χ2v) is 5.74. The molecule has 0 fully saturated rings. The second-order valence-electron chi connectivity index (χ2n) is 5.74. The van der Waals surface area contributed by atoms with Gasteiger partial charge in [-0.1, -0.05) is 18.2 Å². The van der Waals surface area contributed by atoms with Crippen LogP contribution in [0.4, 0.5) is 0 Å². The van der Waals surface area contributed by atoms with Crippen LogP contribution in [0.5, 0.6) is 11.5 Å². The summed E-state index contributed by atoms with van der Waals surface area (Å²) in [5.74, 6) is 2.31. The number of aromatic nitrogens is 2. The number of nitrogens with one attached hydrogen (secondary N) is 1. The van der Waals surface area contributed by atoms with Crippen LogP contribution in [0.3, 0.4) is 0 Å². The number of aryl methyl sites for hydroxylation is 1. The van der Waals surface area contributed by atoms with E-state index in [1.54, 1.807) is 7.11 Å². The predicted molar refractivity (Wildman–Crippen MR) is 99.6 cm³/mol. The number of rotatable bonds is 9. The topological polar surface area (TPSA) is 86.5 Å². The van der Waals surface area contributed by atoms with Crippen LogP contribution in [0.25, 0.3) is 11.5 Å². The first-order valence-electron chi connectivity index (χ1n) is 8.66. The molecule has 1 aromatic heterocycles. The first-order valence-corrected chi connectivity index (χ1v) is 8.66. The molecular formula is C20H21N3O4. The van der Waals surface area contributed by atoms with Gasteiger partial charge in [-0.15, -0.1) is 10.2 Å². The van der Waals surface area contributed by atoms with Crippen LogP contribution in [-0.2, 0) is 11.2 Å². The highest BCUT2D eigenvalue weighted by atomic mass is 16.5. The Kier molecular flexibility index (Phi) is 6.40. The average Bonchev–Trinajstić information content (AvgIpc) is 3.20. The minimum absolute atomic E-state index is 0.0900. The van der Waals surface area contributed by atoms with Gasteiger partial charge in [0.15, 0.2) is 0 Å². The van der Waals surface area contributed by atoms with Crippen LogP contribution < -0.4 is 14.8 Å². The van der Waals surface area contributed by atoms with E-state index in [-0.39, 0.29) is 12.3 Å². The van der Waals surface area contributed by atoms with E-state index in [1.165, 1.54) is 0 Å². The van der Waals surface area contributed by atoms with Crippen LogP contribution >= 0.6 is 0 Å². The molecule has 3 aromatic rings. The van der Waals surface area contributed by atoms with Gasteiger partial charge in [0.1, 0.15) is 18.1 Å². The van der Waals surface area contributed by atoms with E-state index in [4.69, 9.17) is 13.9 Å². The summed E-state index contributed by atoms with van der Waals surface area (Å²) in [6.07, 6.45) is 0.671. The Hall–Kier alpha value is -3.35. The van der Waals surface area contributed by atoms with Gasteiger partial charge >= 0.3 is 0 Å². The summed E-state index contributed by atoms with van der Waals surface area (Å²) in [5.41, 5.74) is 0.858. The van der Waals surface area contributed by atoms with Gasteiger partial charge in [-0.3, -0.25) is 4.79 Å². The van der Waals surface area contributed by atoms with Crippen molar-refractivity contribution in [3.05, 3.63) is 60.5 Å². The predicted octanol–water partition coefficient (Wildman–Crippen LogP) is 2.87. The Morgan fingerprint density at radius 3 is 2.52 bits per heavy atom. The van der Waals surface area contributed by atoms with Crippen molar-refractivity contribution in [2.45, 2.75) is 12.8 Å².